The Bertz CT molecular complexity index is 635. The quantitative estimate of drug-likeness (QED) is 0.157. The number of hydrogen-bond acceptors (Lipinski definition) is 4. The van der Waals surface area contributed by atoms with Crippen molar-refractivity contribution < 1.29 is 82.4 Å². The van der Waals surface area contributed by atoms with Crippen LogP contribution in [0.5, 0.6) is 0 Å². The first kappa shape index (κ1) is 64.8. The van der Waals surface area contributed by atoms with Crippen LogP contribution in [0.2, 0.25) is 0 Å². The predicted molar refractivity (Wildman–Crippen MR) is 172 cm³/mol. The number of allylic oxidation sites excluding steroid dienone is 2. The Kier molecular flexibility index (Phi) is 54.7. The maximum absolute atomic E-state index is 11.0. The van der Waals surface area contributed by atoms with Crippen LogP contribution in [-0.2, 0) is 82.4 Å². The zero-order valence-corrected chi connectivity index (χ0v) is 39.4. The molecule has 0 spiro atoms. The van der Waals surface area contributed by atoms with E-state index in [4.69, 9.17) is 0 Å². The molecule has 0 aliphatic rings. The van der Waals surface area contributed by atoms with E-state index >= 15 is 0 Å². The van der Waals surface area contributed by atoms with Gasteiger partial charge in [0.2, 0.25) is 0 Å². The van der Waals surface area contributed by atoms with Crippen molar-refractivity contribution in [3.05, 3.63) is 42.1 Å². The van der Waals surface area contributed by atoms with E-state index in [1.165, 1.54) is 30.9 Å². The number of likely N-dealkylation sites (N-methyl/N-ethyl adjacent to an activating group) is 1. The van der Waals surface area contributed by atoms with Gasteiger partial charge in [0.25, 0.3) is 0 Å². The van der Waals surface area contributed by atoms with Crippen molar-refractivity contribution in [2.24, 2.45) is 10.8 Å². The van der Waals surface area contributed by atoms with Crippen LogP contribution in [0.15, 0.2) is 12.2 Å². The molecule has 0 radical (unpaired) electrons. The van der Waals surface area contributed by atoms with Crippen LogP contribution in [0.25, 0.3) is 5.32 Å². The van der Waals surface area contributed by atoms with Gasteiger partial charge in [-0.1, -0.05) is 47.0 Å². The Hall–Kier alpha value is -0.0451. The molecule has 9 heteroatoms. The molecule has 0 heterocycles. The molecule has 6 nitrogen and oxygen atoms in total. The van der Waals surface area contributed by atoms with Gasteiger partial charge in [-0.15, -0.1) is 7.05 Å². The standard InChI is InChI=1S/C7H13NO2.C7H14NO.C7H11O.3C4H9.3W/c1-7(2,3)5(9)6(10)8-4;1-6(9)8(5)7(2,3)4;1-7(2,3)5-4-6-8;3*1-4(2)3;;;/h1-4H3,(H,8,10);1H2,2-5H3;4-5H,1-3H3;3*1-3H3;;;/q;5*-1;3*+2/p-1/b;;5-4+;;;;;;. The molecule has 0 unspecified atom stereocenters. The second-order valence-electron chi connectivity index (χ2n) is 13.5. The van der Waals surface area contributed by atoms with Gasteiger partial charge in [0.15, 0.2) is 5.78 Å². The van der Waals surface area contributed by atoms with E-state index in [1.54, 1.807) is 39.0 Å². The van der Waals surface area contributed by atoms with E-state index in [0.717, 1.165) is 0 Å². The zero-order valence-electron chi connectivity index (χ0n) is 30.6. The van der Waals surface area contributed by atoms with Gasteiger partial charge in [0, 0.05) is 18.0 Å². The number of amides is 2. The molecule has 0 bridgehead atoms. The number of carbonyl (C=O) groups is 3. The van der Waals surface area contributed by atoms with Gasteiger partial charge < -0.3 is 49.3 Å². The van der Waals surface area contributed by atoms with Gasteiger partial charge in [-0.2, -0.15) is 68.4 Å². The summed E-state index contributed by atoms with van der Waals surface area (Å²) < 4.78 is 0. The van der Waals surface area contributed by atoms with Gasteiger partial charge >= 0.3 is 63.2 Å². The van der Waals surface area contributed by atoms with Crippen molar-refractivity contribution in [1.82, 2.24) is 4.90 Å². The molecule has 42 heavy (non-hydrogen) atoms. The van der Waals surface area contributed by atoms with Crippen LogP contribution in [0.1, 0.15) is 125 Å². The molecule has 0 aliphatic carbocycles. The number of ketones is 1. The van der Waals surface area contributed by atoms with Gasteiger partial charge in [-0.25, -0.2) is 6.08 Å². The fourth-order valence-corrected chi connectivity index (χ4v) is 1.08. The molecule has 0 atom stereocenters. The van der Waals surface area contributed by atoms with Crippen molar-refractivity contribution in [3.8, 4) is 0 Å². The monoisotopic (exact) mass is 1100 g/mol. The zero-order chi connectivity index (χ0) is 33.4. The SMILES string of the molecule is CC(C)(C)/C=C/[C-]=O.C[C-](C)C.C[C-](C)C.C[C-](C)C.C[N-]C(=O)C(=O)C(C)(C)C.[CH2-]C(=O)N(C)C(C)(C)C.[W+2].[W+2].[W+2]. The largest absolute Gasteiger partial charge is 2.00 e. The van der Waals surface area contributed by atoms with E-state index in [0.29, 0.717) is 0 Å². The van der Waals surface area contributed by atoms with Crippen LogP contribution in [0.4, 0.5) is 0 Å². The molecule has 0 N–H and O–H groups in total. The third-order valence-corrected chi connectivity index (χ3v) is 3.11. The molecule has 0 aliphatic heterocycles. The summed E-state index contributed by atoms with van der Waals surface area (Å²) in [6.45, 7) is 39.1. The summed E-state index contributed by atoms with van der Waals surface area (Å²) >= 11 is 0. The number of carbonyl (C=O) groups excluding carboxylic acids is 4. The summed E-state index contributed by atoms with van der Waals surface area (Å²) in [5, 5.41) is 3.27. The fourth-order valence-electron chi connectivity index (χ4n) is 1.08. The van der Waals surface area contributed by atoms with E-state index < -0.39 is 17.1 Å². The smallest absolute Gasteiger partial charge is 0.649 e. The molecular weight excluding hydrogens is 1040 g/mol. The summed E-state index contributed by atoms with van der Waals surface area (Å²) in [6.07, 6.45) is 4.92. The van der Waals surface area contributed by atoms with Gasteiger partial charge in [0.05, 0.1) is 5.91 Å². The van der Waals surface area contributed by atoms with Crippen molar-refractivity contribution >= 4 is 23.9 Å². The van der Waals surface area contributed by atoms with Crippen LogP contribution < -0.4 is 0 Å². The fraction of sp³-hybridized carbons (Fsp3) is 0.697. The predicted octanol–water partition coefficient (Wildman–Crippen LogP) is 8.76. The first-order valence-electron chi connectivity index (χ1n) is 13.1. The summed E-state index contributed by atoms with van der Waals surface area (Å²) in [6, 6.07) is 0. The molecule has 0 aromatic rings. The van der Waals surface area contributed by atoms with Crippen molar-refractivity contribution in [1.29, 1.82) is 0 Å². The minimum Gasteiger partial charge on any atom is -0.649 e. The Balaban J connectivity index is -0.0000000456. The maximum Gasteiger partial charge on any atom is 2.00 e. The topological polar surface area (TPSA) is 85.6 Å². The minimum atomic E-state index is -0.646. The molecule has 0 fully saturated rings. The van der Waals surface area contributed by atoms with Crippen LogP contribution in [0, 0.1) is 35.5 Å². The normalized spacial score (nSPS) is 9.88. The van der Waals surface area contributed by atoms with Gasteiger partial charge in [-0.3, -0.25) is 4.79 Å². The Morgan fingerprint density at radius 2 is 0.976 bits per heavy atom. The molecule has 0 saturated heterocycles. The van der Waals surface area contributed by atoms with Crippen molar-refractivity contribution in [2.45, 2.75) is 130 Å². The number of nitrogens with zero attached hydrogens (tertiary/aromatic N) is 2. The molecule has 0 saturated carbocycles. The van der Waals surface area contributed by atoms with E-state index in [9.17, 15) is 19.2 Å². The Morgan fingerprint density at radius 3 is 1.02 bits per heavy atom. The van der Waals surface area contributed by atoms with Crippen molar-refractivity contribution in [2.75, 3.05) is 14.1 Å². The summed E-state index contributed by atoms with van der Waals surface area (Å²) in [4.78, 5) is 43.4. The van der Waals surface area contributed by atoms with Gasteiger partial charge in [-0.05, 0) is 27.1 Å². The van der Waals surface area contributed by atoms with E-state index in [2.05, 4.69) is 74.6 Å². The molecule has 0 aromatic heterocycles. The molecular formula is C33H64N2O4W3. The molecule has 0 rings (SSSR count). The molecule has 0 aromatic carbocycles. The van der Waals surface area contributed by atoms with E-state index in [1.807, 2.05) is 47.6 Å². The summed E-state index contributed by atoms with van der Waals surface area (Å²) in [7, 11) is 3.07. The number of rotatable bonds is 2. The van der Waals surface area contributed by atoms with Crippen LogP contribution in [-0.4, -0.2) is 48.4 Å². The van der Waals surface area contributed by atoms with Crippen LogP contribution in [0.3, 0.4) is 0 Å². The van der Waals surface area contributed by atoms with Gasteiger partial charge in [0.1, 0.15) is 5.91 Å². The first-order chi connectivity index (χ1) is 17.0. The number of hydrogen-bond donors (Lipinski definition) is 0. The van der Waals surface area contributed by atoms with Crippen molar-refractivity contribution in [3.63, 3.8) is 0 Å². The Morgan fingerprint density at radius 1 is 0.714 bits per heavy atom. The second-order valence-corrected chi connectivity index (χ2v) is 13.5. The third kappa shape index (κ3) is 83.4. The molecule has 248 valence electrons. The Labute approximate surface area is 306 Å². The van der Waals surface area contributed by atoms with Crippen LogP contribution >= 0.6 is 0 Å². The third-order valence-electron chi connectivity index (χ3n) is 3.11. The minimum absolute atomic E-state index is 0. The molecule has 2 amide bonds. The average Bonchev–Trinajstić information content (AvgIpc) is 2.68. The summed E-state index contributed by atoms with van der Waals surface area (Å²) in [5.41, 5.74) is -0.590. The average molecular weight is 1100 g/mol. The first-order valence-corrected chi connectivity index (χ1v) is 13.1. The summed E-state index contributed by atoms with van der Waals surface area (Å²) in [5.74, 6) is 3.03. The van der Waals surface area contributed by atoms with E-state index in [-0.39, 0.29) is 80.1 Å². The second kappa shape index (κ2) is 35.4. The maximum atomic E-state index is 11.0. The number of Topliss-reactive ketones (excluding diaryl/α,β-unsaturated/α-hetero) is 1.